The number of nitrogens with zero attached hydrogens (tertiary/aromatic N) is 1. The molecule has 0 aliphatic heterocycles. The molecule has 0 aromatic heterocycles. The van der Waals surface area contributed by atoms with Gasteiger partial charge < -0.3 is 15.2 Å². The van der Waals surface area contributed by atoms with Crippen molar-refractivity contribution in [2.45, 2.75) is 6.92 Å². The number of nitrogens with one attached hydrogen (secondary N) is 1. The molecule has 0 saturated carbocycles. The number of carboxylic acid groups (broad SMARTS) is 1. The summed E-state index contributed by atoms with van der Waals surface area (Å²) in [6.07, 6.45) is 0. The van der Waals surface area contributed by atoms with Crippen molar-refractivity contribution in [3.05, 3.63) is 33.6 Å². The number of carbonyl (C=O) groups is 1. The van der Waals surface area contributed by atoms with Gasteiger partial charge in [-0.05, 0) is 12.0 Å². The average Bonchev–Trinajstić information content (AvgIpc) is 2.36. The van der Waals surface area contributed by atoms with E-state index in [1.807, 2.05) is 6.92 Å². The molecule has 0 aliphatic carbocycles. The average molecular weight is 286 g/mol. The lowest BCUT2D eigenvalue weighted by atomic mass is 10.1. The summed E-state index contributed by atoms with van der Waals surface area (Å²) in [7, 11) is 1.53. The van der Waals surface area contributed by atoms with Crippen LogP contribution in [0.1, 0.15) is 17.3 Å². The van der Waals surface area contributed by atoms with Crippen LogP contribution in [0.3, 0.4) is 0 Å². The summed E-state index contributed by atoms with van der Waals surface area (Å²) >= 11 is 0. The molecule has 1 aromatic carbocycles. The van der Waals surface area contributed by atoms with Crippen LogP contribution in [0.4, 0.5) is 15.8 Å². The lowest BCUT2D eigenvalue weighted by Gasteiger charge is -2.13. The summed E-state index contributed by atoms with van der Waals surface area (Å²) < 4.78 is 18.6. The molecule has 1 rings (SSSR count). The Morgan fingerprint density at radius 3 is 2.75 bits per heavy atom. The molecule has 0 amide bonds. The van der Waals surface area contributed by atoms with E-state index in [0.717, 1.165) is 6.07 Å². The first-order chi connectivity index (χ1) is 9.36. The Labute approximate surface area is 114 Å². The van der Waals surface area contributed by atoms with Gasteiger partial charge in [0.05, 0.1) is 23.3 Å². The fourth-order valence-corrected chi connectivity index (χ4v) is 1.65. The zero-order valence-electron chi connectivity index (χ0n) is 11.1. The SMILES string of the molecule is COCC(C)CNc1cc(C(=O)O)c([N+](=O)[O-])cc1F. The Hall–Kier alpha value is -2.22. The maximum Gasteiger partial charge on any atom is 0.342 e. The highest BCUT2D eigenvalue weighted by molar-refractivity contribution is 5.93. The minimum Gasteiger partial charge on any atom is -0.477 e. The largest absolute Gasteiger partial charge is 0.477 e. The van der Waals surface area contributed by atoms with Gasteiger partial charge in [0, 0.05) is 13.7 Å². The van der Waals surface area contributed by atoms with Crippen LogP contribution in [-0.2, 0) is 4.74 Å². The molecule has 0 bridgehead atoms. The monoisotopic (exact) mass is 286 g/mol. The number of carboxylic acids is 1. The van der Waals surface area contributed by atoms with Gasteiger partial charge in [0.25, 0.3) is 5.69 Å². The molecule has 7 nitrogen and oxygen atoms in total. The highest BCUT2D eigenvalue weighted by atomic mass is 19.1. The molecule has 2 N–H and O–H groups in total. The summed E-state index contributed by atoms with van der Waals surface area (Å²) in [5, 5.41) is 22.3. The van der Waals surface area contributed by atoms with E-state index in [1.54, 1.807) is 0 Å². The minimum atomic E-state index is -1.48. The number of ether oxygens (including phenoxy) is 1. The first-order valence-corrected chi connectivity index (χ1v) is 5.80. The number of nitro groups is 1. The van der Waals surface area contributed by atoms with Gasteiger partial charge in [-0.3, -0.25) is 10.1 Å². The highest BCUT2D eigenvalue weighted by Gasteiger charge is 2.23. The van der Waals surface area contributed by atoms with Crippen molar-refractivity contribution < 1.29 is 24.0 Å². The molecule has 8 heteroatoms. The van der Waals surface area contributed by atoms with Crippen LogP contribution < -0.4 is 5.32 Å². The van der Waals surface area contributed by atoms with Gasteiger partial charge in [0.2, 0.25) is 0 Å². The fourth-order valence-electron chi connectivity index (χ4n) is 1.65. The first kappa shape index (κ1) is 15.8. The van der Waals surface area contributed by atoms with Gasteiger partial charge in [0.15, 0.2) is 5.82 Å². The number of halogens is 1. The van der Waals surface area contributed by atoms with Gasteiger partial charge in [-0.2, -0.15) is 0 Å². The molecular formula is C12H15FN2O5. The predicted molar refractivity (Wildman–Crippen MR) is 69.5 cm³/mol. The first-order valence-electron chi connectivity index (χ1n) is 5.80. The topological polar surface area (TPSA) is 102 Å². The summed E-state index contributed by atoms with van der Waals surface area (Å²) in [5.74, 6) is -2.28. The Morgan fingerprint density at radius 2 is 2.25 bits per heavy atom. The van der Waals surface area contributed by atoms with Crippen LogP contribution in [0.15, 0.2) is 12.1 Å². The van der Waals surface area contributed by atoms with Crippen molar-refractivity contribution in [2.75, 3.05) is 25.6 Å². The minimum absolute atomic E-state index is 0.0721. The van der Waals surface area contributed by atoms with Crippen molar-refractivity contribution in [2.24, 2.45) is 5.92 Å². The summed E-state index contributed by atoms with van der Waals surface area (Å²) in [6, 6.07) is 1.53. The van der Waals surface area contributed by atoms with Crippen molar-refractivity contribution in [1.29, 1.82) is 0 Å². The van der Waals surface area contributed by atoms with Crippen molar-refractivity contribution in [3.63, 3.8) is 0 Å². The van der Waals surface area contributed by atoms with E-state index in [4.69, 9.17) is 9.84 Å². The molecular weight excluding hydrogens is 271 g/mol. The molecule has 20 heavy (non-hydrogen) atoms. The molecule has 0 aliphatic rings. The third-order valence-electron chi connectivity index (χ3n) is 2.60. The van der Waals surface area contributed by atoms with Crippen LogP contribution >= 0.6 is 0 Å². The van der Waals surface area contributed by atoms with Crippen LogP contribution in [0.5, 0.6) is 0 Å². The number of methoxy groups -OCH3 is 1. The molecule has 110 valence electrons. The van der Waals surface area contributed by atoms with Gasteiger partial charge in [-0.1, -0.05) is 6.92 Å². The Kier molecular flexibility index (Phi) is 5.39. The third kappa shape index (κ3) is 3.89. The van der Waals surface area contributed by atoms with Gasteiger partial charge in [0.1, 0.15) is 5.56 Å². The highest BCUT2D eigenvalue weighted by Crippen LogP contribution is 2.26. The van der Waals surface area contributed by atoms with Gasteiger partial charge >= 0.3 is 5.97 Å². The standard InChI is InChI=1S/C12H15FN2O5/c1-7(6-20-2)5-14-10-3-8(12(16)17)11(15(18)19)4-9(10)13/h3-4,7,14H,5-6H2,1-2H3,(H,16,17). The van der Waals surface area contributed by atoms with Crippen LogP contribution in [-0.4, -0.2) is 36.3 Å². The zero-order chi connectivity index (χ0) is 15.3. The lowest BCUT2D eigenvalue weighted by molar-refractivity contribution is -0.385. The Balaban J connectivity index is 3.01. The quantitative estimate of drug-likeness (QED) is 0.588. The summed E-state index contributed by atoms with van der Waals surface area (Å²) in [4.78, 5) is 20.7. The second-order valence-corrected chi connectivity index (χ2v) is 4.35. The van der Waals surface area contributed by atoms with Crippen LogP contribution in [0.25, 0.3) is 0 Å². The Bertz CT molecular complexity index is 521. The lowest BCUT2D eigenvalue weighted by Crippen LogP contribution is -2.17. The molecule has 0 saturated heterocycles. The molecule has 0 fully saturated rings. The number of hydrogen-bond acceptors (Lipinski definition) is 5. The number of rotatable bonds is 7. The van der Waals surface area contributed by atoms with Crippen molar-refractivity contribution in [1.82, 2.24) is 0 Å². The zero-order valence-corrected chi connectivity index (χ0v) is 11.1. The second-order valence-electron chi connectivity index (χ2n) is 4.35. The number of nitro benzene ring substituents is 1. The molecule has 1 unspecified atom stereocenters. The van der Waals surface area contributed by atoms with Gasteiger partial charge in [-0.15, -0.1) is 0 Å². The maximum absolute atomic E-state index is 13.7. The molecule has 0 heterocycles. The number of benzene rings is 1. The maximum atomic E-state index is 13.7. The molecule has 0 spiro atoms. The smallest absolute Gasteiger partial charge is 0.342 e. The third-order valence-corrected chi connectivity index (χ3v) is 2.60. The van der Waals surface area contributed by atoms with Crippen molar-refractivity contribution >= 4 is 17.3 Å². The van der Waals surface area contributed by atoms with E-state index in [2.05, 4.69) is 5.32 Å². The summed E-state index contributed by atoms with van der Waals surface area (Å²) in [6.45, 7) is 2.66. The van der Waals surface area contributed by atoms with E-state index in [0.29, 0.717) is 19.2 Å². The molecule has 0 radical (unpaired) electrons. The number of aromatic carboxylic acids is 1. The van der Waals surface area contributed by atoms with E-state index in [1.165, 1.54) is 7.11 Å². The molecule has 1 atom stereocenters. The predicted octanol–water partition coefficient (Wildman–Crippen LogP) is 2.13. The fraction of sp³-hybridized carbons (Fsp3) is 0.417. The second kappa shape index (κ2) is 6.80. The molecule has 1 aromatic rings. The normalized spacial score (nSPS) is 11.9. The number of hydrogen-bond donors (Lipinski definition) is 2. The van der Waals surface area contributed by atoms with E-state index in [-0.39, 0.29) is 11.6 Å². The van der Waals surface area contributed by atoms with Crippen molar-refractivity contribution in [3.8, 4) is 0 Å². The summed E-state index contributed by atoms with van der Waals surface area (Å²) in [5.41, 5.74) is -1.42. The van der Waals surface area contributed by atoms with E-state index >= 15 is 0 Å². The van der Waals surface area contributed by atoms with E-state index in [9.17, 15) is 19.3 Å². The van der Waals surface area contributed by atoms with Crippen LogP contribution in [0.2, 0.25) is 0 Å². The van der Waals surface area contributed by atoms with E-state index < -0.39 is 28.0 Å². The Morgan fingerprint density at radius 1 is 1.60 bits per heavy atom. The van der Waals surface area contributed by atoms with Crippen LogP contribution in [0, 0.1) is 21.8 Å². The number of anilines is 1. The van der Waals surface area contributed by atoms with Gasteiger partial charge in [-0.25, -0.2) is 9.18 Å².